The van der Waals surface area contributed by atoms with Crippen molar-refractivity contribution in [2.75, 3.05) is 6.54 Å². The highest BCUT2D eigenvalue weighted by atomic mass is 79.9. The smallest absolute Gasteiger partial charge is 0.169 e. The molecule has 0 fully saturated rings. The molecule has 18 heavy (non-hydrogen) atoms. The van der Waals surface area contributed by atoms with Crippen LogP contribution in [0.2, 0.25) is 5.02 Å². The molecule has 1 aromatic carbocycles. The molecule has 0 bridgehead atoms. The summed E-state index contributed by atoms with van der Waals surface area (Å²) >= 11 is 9.59. The summed E-state index contributed by atoms with van der Waals surface area (Å²) < 4.78 is 6.38. The van der Waals surface area contributed by atoms with E-state index in [0.717, 1.165) is 34.0 Å². The summed E-state index contributed by atoms with van der Waals surface area (Å²) in [7, 11) is 0. The summed E-state index contributed by atoms with van der Waals surface area (Å²) in [6.07, 6.45) is 1.06. The summed E-state index contributed by atoms with van der Waals surface area (Å²) in [6, 6.07) is 11.7. The molecular formula is C14H15BrClNO. The Morgan fingerprint density at radius 1 is 1.28 bits per heavy atom. The zero-order chi connectivity index (χ0) is 13.0. The Balaban J connectivity index is 2.33. The van der Waals surface area contributed by atoms with Crippen LogP contribution in [0.1, 0.15) is 30.7 Å². The summed E-state index contributed by atoms with van der Waals surface area (Å²) in [5, 5.41) is 4.21. The van der Waals surface area contributed by atoms with Gasteiger partial charge in [-0.25, -0.2) is 0 Å². The molecule has 4 heteroatoms. The first-order valence-corrected chi connectivity index (χ1v) is 7.12. The molecule has 0 saturated carbocycles. The van der Waals surface area contributed by atoms with E-state index in [1.807, 2.05) is 36.4 Å². The lowest BCUT2D eigenvalue weighted by Gasteiger charge is -2.17. The zero-order valence-electron chi connectivity index (χ0n) is 10.1. The van der Waals surface area contributed by atoms with E-state index in [9.17, 15) is 0 Å². The van der Waals surface area contributed by atoms with Gasteiger partial charge in [0.25, 0.3) is 0 Å². The van der Waals surface area contributed by atoms with E-state index in [4.69, 9.17) is 16.0 Å². The van der Waals surface area contributed by atoms with Crippen molar-refractivity contribution in [3.8, 4) is 0 Å². The molecule has 0 aliphatic rings. The van der Waals surface area contributed by atoms with E-state index < -0.39 is 0 Å². The Morgan fingerprint density at radius 2 is 2.06 bits per heavy atom. The maximum absolute atomic E-state index is 6.26. The summed E-state index contributed by atoms with van der Waals surface area (Å²) in [4.78, 5) is 0. The van der Waals surface area contributed by atoms with Crippen molar-refractivity contribution in [1.82, 2.24) is 5.32 Å². The van der Waals surface area contributed by atoms with Crippen LogP contribution in [-0.4, -0.2) is 6.54 Å². The van der Waals surface area contributed by atoms with Gasteiger partial charge in [-0.3, -0.25) is 0 Å². The third-order valence-electron chi connectivity index (χ3n) is 2.69. The van der Waals surface area contributed by atoms with E-state index >= 15 is 0 Å². The quantitative estimate of drug-likeness (QED) is 0.854. The fourth-order valence-corrected chi connectivity index (χ4v) is 2.41. The molecule has 2 rings (SSSR count). The first-order chi connectivity index (χ1) is 8.72. The van der Waals surface area contributed by atoms with Crippen molar-refractivity contribution >= 4 is 27.5 Å². The van der Waals surface area contributed by atoms with Crippen LogP contribution in [0.5, 0.6) is 0 Å². The van der Waals surface area contributed by atoms with E-state index in [1.165, 1.54) is 0 Å². The van der Waals surface area contributed by atoms with Gasteiger partial charge in [0.2, 0.25) is 0 Å². The minimum Gasteiger partial charge on any atom is -0.452 e. The van der Waals surface area contributed by atoms with E-state index in [1.54, 1.807) is 0 Å². The van der Waals surface area contributed by atoms with Crippen molar-refractivity contribution in [1.29, 1.82) is 0 Å². The molecule has 2 nitrogen and oxygen atoms in total. The number of furan rings is 1. The van der Waals surface area contributed by atoms with E-state index in [-0.39, 0.29) is 6.04 Å². The number of benzene rings is 1. The zero-order valence-corrected chi connectivity index (χ0v) is 12.5. The minimum absolute atomic E-state index is 0.00931. The van der Waals surface area contributed by atoms with Crippen molar-refractivity contribution in [2.45, 2.75) is 19.4 Å². The Morgan fingerprint density at radius 3 is 2.67 bits per heavy atom. The fourth-order valence-electron chi connectivity index (χ4n) is 1.85. The molecule has 0 saturated heterocycles. The van der Waals surface area contributed by atoms with E-state index in [2.05, 4.69) is 28.2 Å². The number of nitrogens with one attached hydrogen (secondary N) is 1. The van der Waals surface area contributed by atoms with Crippen LogP contribution in [0, 0.1) is 0 Å². The van der Waals surface area contributed by atoms with Crippen LogP contribution in [0.3, 0.4) is 0 Å². The average molecular weight is 329 g/mol. The van der Waals surface area contributed by atoms with Crippen LogP contribution in [0.15, 0.2) is 45.5 Å². The van der Waals surface area contributed by atoms with Crippen molar-refractivity contribution in [3.63, 3.8) is 0 Å². The maximum Gasteiger partial charge on any atom is 0.169 e. The van der Waals surface area contributed by atoms with Gasteiger partial charge in [0, 0.05) is 5.02 Å². The molecule has 1 heterocycles. The Hall–Kier alpha value is -0.770. The average Bonchev–Trinajstić information content (AvgIpc) is 2.78. The van der Waals surface area contributed by atoms with Crippen LogP contribution >= 0.6 is 27.5 Å². The molecular weight excluding hydrogens is 314 g/mol. The molecule has 0 aliphatic heterocycles. The minimum atomic E-state index is -0.00931. The normalized spacial score (nSPS) is 12.6. The molecule has 96 valence electrons. The molecule has 0 aliphatic carbocycles. The Kier molecular flexibility index (Phi) is 4.87. The first-order valence-electron chi connectivity index (χ1n) is 5.95. The topological polar surface area (TPSA) is 25.2 Å². The van der Waals surface area contributed by atoms with Gasteiger partial charge in [-0.05, 0) is 52.7 Å². The SMILES string of the molecule is CCCNC(c1ccc(Br)o1)c1ccccc1Cl. The lowest BCUT2D eigenvalue weighted by Crippen LogP contribution is -2.23. The van der Waals surface area contributed by atoms with Crippen molar-refractivity contribution in [3.05, 3.63) is 57.4 Å². The number of hydrogen-bond donors (Lipinski definition) is 1. The first kappa shape index (κ1) is 13.7. The Bertz CT molecular complexity index is 512. The predicted octanol–water partition coefficient (Wildman–Crippen LogP) is 4.78. The van der Waals surface area contributed by atoms with Gasteiger partial charge in [-0.1, -0.05) is 36.7 Å². The molecule has 1 unspecified atom stereocenters. The monoisotopic (exact) mass is 327 g/mol. The van der Waals surface area contributed by atoms with Crippen LogP contribution in [-0.2, 0) is 0 Å². The maximum atomic E-state index is 6.26. The molecule has 2 aromatic rings. The highest BCUT2D eigenvalue weighted by Crippen LogP contribution is 2.30. The van der Waals surface area contributed by atoms with Gasteiger partial charge in [-0.2, -0.15) is 0 Å². The second-order valence-electron chi connectivity index (χ2n) is 4.05. The lowest BCUT2D eigenvalue weighted by atomic mass is 10.0. The van der Waals surface area contributed by atoms with Gasteiger partial charge in [0.15, 0.2) is 4.67 Å². The lowest BCUT2D eigenvalue weighted by molar-refractivity contribution is 0.433. The highest BCUT2D eigenvalue weighted by Gasteiger charge is 2.19. The third-order valence-corrected chi connectivity index (χ3v) is 3.46. The van der Waals surface area contributed by atoms with Gasteiger partial charge < -0.3 is 9.73 Å². The highest BCUT2D eigenvalue weighted by molar-refractivity contribution is 9.10. The third kappa shape index (κ3) is 3.16. The predicted molar refractivity (Wildman–Crippen MR) is 78.0 cm³/mol. The summed E-state index contributed by atoms with van der Waals surface area (Å²) in [6.45, 7) is 3.04. The standard InChI is InChI=1S/C14H15BrClNO/c1-2-9-17-14(12-7-8-13(15)18-12)10-5-3-4-6-11(10)16/h3-8,14,17H,2,9H2,1H3. The summed E-state index contributed by atoms with van der Waals surface area (Å²) in [5.74, 6) is 0.864. The number of halogens is 2. The van der Waals surface area contributed by atoms with Gasteiger partial charge in [0.05, 0.1) is 6.04 Å². The molecule has 1 atom stereocenters. The van der Waals surface area contributed by atoms with Gasteiger partial charge >= 0.3 is 0 Å². The van der Waals surface area contributed by atoms with E-state index in [0.29, 0.717) is 0 Å². The number of hydrogen-bond acceptors (Lipinski definition) is 2. The second-order valence-corrected chi connectivity index (χ2v) is 5.24. The summed E-state index contributed by atoms with van der Waals surface area (Å²) in [5.41, 5.74) is 1.04. The molecule has 0 amide bonds. The molecule has 1 aromatic heterocycles. The van der Waals surface area contributed by atoms with Gasteiger partial charge in [-0.15, -0.1) is 0 Å². The molecule has 0 radical (unpaired) electrons. The van der Waals surface area contributed by atoms with Crippen LogP contribution in [0.4, 0.5) is 0 Å². The molecule has 0 spiro atoms. The molecule has 1 N–H and O–H groups in total. The number of rotatable bonds is 5. The van der Waals surface area contributed by atoms with Crippen LogP contribution in [0.25, 0.3) is 0 Å². The van der Waals surface area contributed by atoms with Crippen molar-refractivity contribution in [2.24, 2.45) is 0 Å². The van der Waals surface area contributed by atoms with Crippen LogP contribution < -0.4 is 5.32 Å². The largest absolute Gasteiger partial charge is 0.452 e. The fraction of sp³-hybridized carbons (Fsp3) is 0.286. The second kappa shape index (κ2) is 6.41. The van der Waals surface area contributed by atoms with Crippen molar-refractivity contribution < 1.29 is 4.42 Å². The Labute approximate surface area is 120 Å². The van der Waals surface area contributed by atoms with Gasteiger partial charge in [0.1, 0.15) is 5.76 Å².